The molecule has 2 amide bonds. The van der Waals surface area contributed by atoms with Crippen molar-refractivity contribution in [2.75, 3.05) is 13.2 Å². The lowest BCUT2D eigenvalue weighted by Crippen LogP contribution is -2.49. The van der Waals surface area contributed by atoms with Crippen LogP contribution in [-0.2, 0) is 9.53 Å². The summed E-state index contributed by atoms with van der Waals surface area (Å²) in [7, 11) is 0. The monoisotopic (exact) mass is 416 g/mol. The Morgan fingerprint density at radius 2 is 1.87 bits per heavy atom. The lowest BCUT2D eigenvalue weighted by atomic mass is 10.0. The van der Waals surface area contributed by atoms with Crippen LogP contribution in [0.25, 0.3) is 10.9 Å². The molecule has 1 spiro atoms. The van der Waals surface area contributed by atoms with E-state index in [9.17, 15) is 14.4 Å². The van der Waals surface area contributed by atoms with E-state index in [2.05, 4.69) is 9.97 Å². The van der Waals surface area contributed by atoms with Crippen LogP contribution in [0.3, 0.4) is 0 Å². The Balaban J connectivity index is 1.38. The minimum absolute atomic E-state index is 0.0161. The van der Waals surface area contributed by atoms with Gasteiger partial charge in [0.2, 0.25) is 5.91 Å². The summed E-state index contributed by atoms with van der Waals surface area (Å²) in [4.78, 5) is 48.8. The van der Waals surface area contributed by atoms with Gasteiger partial charge in [0.25, 0.3) is 5.91 Å². The van der Waals surface area contributed by atoms with Crippen molar-refractivity contribution < 1.29 is 14.3 Å². The summed E-state index contributed by atoms with van der Waals surface area (Å²) in [6.45, 7) is 0.845. The summed E-state index contributed by atoms with van der Waals surface area (Å²) in [6.07, 6.45) is 0.746. The molecule has 4 heterocycles. The first-order chi connectivity index (χ1) is 15.1. The number of ether oxygens (including phenoxy) is 1. The van der Waals surface area contributed by atoms with Crippen LogP contribution in [0, 0.1) is 0 Å². The average molecular weight is 416 g/mol. The fourth-order valence-corrected chi connectivity index (χ4v) is 5.41. The highest BCUT2D eigenvalue weighted by molar-refractivity contribution is 6.04. The molecule has 3 aliphatic heterocycles. The maximum absolute atomic E-state index is 13.5. The number of hydrogen-bond donors (Lipinski definition) is 1. The maximum Gasteiger partial charge on any atom is 0.346 e. The molecule has 1 N–H and O–H groups in total. The van der Waals surface area contributed by atoms with Crippen LogP contribution in [0.2, 0.25) is 0 Å². The molecule has 8 nitrogen and oxygen atoms in total. The third-order valence-electron chi connectivity index (χ3n) is 6.74. The summed E-state index contributed by atoms with van der Waals surface area (Å²) in [6, 6.07) is 16.4. The number of carbonyl (C=O) groups is 2. The molecule has 0 bridgehead atoms. The molecule has 3 aliphatic rings. The number of nitrogens with zero attached hydrogens (tertiary/aromatic N) is 3. The molecule has 3 aromatic rings. The molecule has 0 radical (unpaired) electrons. The van der Waals surface area contributed by atoms with Crippen molar-refractivity contribution in [2.24, 2.45) is 0 Å². The number of likely N-dealkylation sites (tertiary alicyclic amines) is 1. The number of fused-ring (bicyclic) bond motifs is 1. The van der Waals surface area contributed by atoms with E-state index in [1.54, 1.807) is 29.2 Å². The molecule has 6 rings (SSSR count). The lowest BCUT2D eigenvalue weighted by molar-refractivity contribution is -0.138. The summed E-state index contributed by atoms with van der Waals surface area (Å²) in [5, 5.41) is 0.587. The van der Waals surface area contributed by atoms with Gasteiger partial charge in [0.05, 0.1) is 30.6 Å². The molecule has 3 atom stereocenters. The Morgan fingerprint density at radius 1 is 1.10 bits per heavy atom. The van der Waals surface area contributed by atoms with Crippen LogP contribution in [0.15, 0.2) is 59.4 Å². The molecule has 3 fully saturated rings. The van der Waals surface area contributed by atoms with E-state index >= 15 is 0 Å². The molecular weight excluding hydrogens is 396 g/mol. The third kappa shape index (κ3) is 2.51. The molecule has 3 saturated heterocycles. The lowest BCUT2D eigenvalue weighted by Gasteiger charge is -2.33. The van der Waals surface area contributed by atoms with Crippen molar-refractivity contribution in [1.29, 1.82) is 0 Å². The number of aromatic nitrogens is 2. The van der Waals surface area contributed by atoms with Gasteiger partial charge in [-0.25, -0.2) is 4.79 Å². The van der Waals surface area contributed by atoms with E-state index in [1.165, 1.54) is 0 Å². The molecule has 0 unspecified atom stereocenters. The Hall–Kier alpha value is -3.52. The maximum atomic E-state index is 13.5. The van der Waals surface area contributed by atoms with E-state index in [4.69, 9.17) is 4.74 Å². The summed E-state index contributed by atoms with van der Waals surface area (Å²) in [5.74, 6) is -0.358. The number of benzene rings is 2. The number of para-hydroxylation sites is 1. The predicted octanol–water partition coefficient (Wildman–Crippen LogP) is 1.84. The molecule has 2 aromatic carbocycles. The topological polar surface area (TPSA) is 95.6 Å². The van der Waals surface area contributed by atoms with Crippen molar-refractivity contribution in [3.05, 3.63) is 76.3 Å². The van der Waals surface area contributed by atoms with E-state index in [0.29, 0.717) is 30.5 Å². The molecule has 1 aromatic heterocycles. The second-order valence-corrected chi connectivity index (χ2v) is 8.25. The Morgan fingerprint density at radius 3 is 2.71 bits per heavy atom. The first kappa shape index (κ1) is 18.3. The van der Waals surface area contributed by atoms with Gasteiger partial charge >= 0.3 is 5.69 Å². The van der Waals surface area contributed by atoms with Gasteiger partial charge in [-0.15, -0.1) is 0 Å². The van der Waals surface area contributed by atoms with E-state index < -0.39 is 17.5 Å². The number of hydrogen-bond acceptors (Lipinski definition) is 5. The molecule has 0 saturated carbocycles. The van der Waals surface area contributed by atoms with E-state index in [1.807, 2.05) is 35.2 Å². The quantitative estimate of drug-likeness (QED) is 0.688. The highest BCUT2D eigenvalue weighted by Crippen LogP contribution is 2.51. The highest BCUT2D eigenvalue weighted by Gasteiger charge is 2.65. The Bertz CT molecular complexity index is 1270. The van der Waals surface area contributed by atoms with Gasteiger partial charge in [0, 0.05) is 18.4 Å². The van der Waals surface area contributed by atoms with Crippen molar-refractivity contribution in [3.63, 3.8) is 0 Å². The molecule has 31 heavy (non-hydrogen) atoms. The zero-order valence-electron chi connectivity index (χ0n) is 16.7. The Labute approximate surface area is 177 Å². The van der Waals surface area contributed by atoms with Crippen molar-refractivity contribution in [2.45, 2.75) is 30.7 Å². The second kappa shape index (κ2) is 6.49. The van der Waals surface area contributed by atoms with Crippen LogP contribution in [-0.4, -0.2) is 56.5 Å². The van der Waals surface area contributed by atoms with Crippen LogP contribution < -0.4 is 5.69 Å². The first-order valence-corrected chi connectivity index (χ1v) is 10.4. The number of aromatic amines is 1. The summed E-state index contributed by atoms with van der Waals surface area (Å²) < 4.78 is 6.28. The normalized spacial score (nSPS) is 27.0. The van der Waals surface area contributed by atoms with Crippen LogP contribution in [0.1, 0.15) is 34.9 Å². The van der Waals surface area contributed by atoms with Gasteiger partial charge < -0.3 is 19.5 Å². The zero-order chi connectivity index (χ0) is 21.2. The van der Waals surface area contributed by atoms with Crippen molar-refractivity contribution in [1.82, 2.24) is 19.8 Å². The minimum atomic E-state index is -0.815. The molecule has 156 valence electrons. The summed E-state index contributed by atoms with van der Waals surface area (Å²) >= 11 is 0. The standard InChI is InChI=1S/C23H20N4O4/c28-19-12-18-23(27(19)17(13-31-23)14-6-2-1-3-7-14)10-11-26(18)21(29)20-15-8-4-5-9-16(15)24-22(30)25-20/h1-9,17-18H,10-13H2,(H,24,25,30)/t17-,18+,23-/m0/s1. The van der Waals surface area contributed by atoms with Crippen LogP contribution >= 0.6 is 0 Å². The number of carbonyl (C=O) groups excluding carboxylic acids is 2. The first-order valence-electron chi connectivity index (χ1n) is 10.4. The average Bonchev–Trinajstić information content (AvgIpc) is 3.42. The van der Waals surface area contributed by atoms with Gasteiger partial charge in [0.1, 0.15) is 5.69 Å². The van der Waals surface area contributed by atoms with Crippen LogP contribution in [0.5, 0.6) is 0 Å². The third-order valence-corrected chi connectivity index (χ3v) is 6.74. The number of rotatable bonds is 2. The van der Waals surface area contributed by atoms with Gasteiger partial charge in [-0.1, -0.05) is 48.5 Å². The number of nitrogens with one attached hydrogen (secondary N) is 1. The highest BCUT2D eigenvalue weighted by atomic mass is 16.5. The second-order valence-electron chi connectivity index (χ2n) is 8.25. The fraction of sp³-hybridized carbons (Fsp3) is 0.304. The van der Waals surface area contributed by atoms with E-state index in [0.717, 1.165) is 5.56 Å². The van der Waals surface area contributed by atoms with E-state index in [-0.39, 0.29) is 30.0 Å². The van der Waals surface area contributed by atoms with Gasteiger partial charge in [-0.3, -0.25) is 9.59 Å². The smallest absolute Gasteiger partial charge is 0.346 e. The zero-order valence-corrected chi connectivity index (χ0v) is 16.7. The SMILES string of the molecule is O=C(c1nc(=O)[nH]c2ccccc12)N1CC[C@@]23OC[C@@H](c4ccccc4)N2C(=O)C[C@@H]13. The molecule has 0 aliphatic carbocycles. The predicted molar refractivity (Wildman–Crippen MR) is 111 cm³/mol. The van der Waals surface area contributed by atoms with Crippen molar-refractivity contribution >= 4 is 22.7 Å². The van der Waals surface area contributed by atoms with Crippen LogP contribution in [0.4, 0.5) is 0 Å². The fourth-order valence-electron chi connectivity index (χ4n) is 5.41. The van der Waals surface area contributed by atoms with Gasteiger partial charge in [-0.2, -0.15) is 4.98 Å². The minimum Gasteiger partial charge on any atom is -0.351 e. The number of amides is 2. The van der Waals surface area contributed by atoms with Gasteiger partial charge in [-0.05, 0) is 11.6 Å². The largest absolute Gasteiger partial charge is 0.351 e. The Kier molecular flexibility index (Phi) is 3.82. The van der Waals surface area contributed by atoms with Gasteiger partial charge in [0.15, 0.2) is 5.72 Å². The number of H-pyrrole nitrogens is 1. The van der Waals surface area contributed by atoms with Crippen molar-refractivity contribution in [3.8, 4) is 0 Å². The molecule has 8 heteroatoms. The summed E-state index contributed by atoms with van der Waals surface area (Å²) in [5.41, 5.74) is 0.316. The molecular formula is C23H20N4O4.